The topological polar surface area (TPSA) is 9.23 Å². The number of hydrogen-bond acceptors (Lipinski definition) is 1. The lowest BCUT2D eigenvalue weighted by molar-refractivity contribution is 0.162. The van der Waals surface area contributed by atoms with Crippen LogP contribution in [0, 0.1) is 0 Å². The highest BCUT2D eigenvalue weighted by Crippen LogP contribution is 1.64. The molecule has 0 aromatic heterocycles. The van der Waals surface area contributed by atoms with E-state index in [4.69, 9.17) is 4.74 Å². The molecule has 0 rings (SSSR count). The highest BCUT2D eigenvalue weighted by molar-refractivity contribution is 6.09. The second-order valence-electron chi connectivity index (χ2n) is 1.48. The zero-order valence-electron chi connectivity index (χ0n) is 6.81. The van der Waals surface area contributed by atoms with Crippen molar-refractivity contribution < 1.29 is 4.74 Å². The molecule has 0 saturated carbocycles. The lowest BCUT2D eigenvalue weighted by Gasteiger charge is -1.86. The molecule has 0 amide bonds. The fourth-order valence-corrected chi connectivity index (χ4v) is 0.204. The van der Waals surface area contributed by atoms with Gasteiger partial charge in [0.15, 0.2) is 0 Å². The van der Waals surface area contributed by atoms with Crippen LogP contribution in [-0.2, 0) is 4.74 Å². The van der Waals surface area contributed by atoms with Gasteiger partial charge < -0.3 is 4.74 Å². The van der Waals surface area contributed by atoms with E-state index in [2.05, 4.69) is 6.58 Å². The van der Waals surface area contributed by atoms with Crippen LogP contribution in [0.1, 0.15) is 13.8 Å². The third-order valence-corrected chi connectivity index (χ3v) is 1.27. The first-order valence-corrected chi connectivity index (χ1v) is 4.93. The van der Waals surface area contributed by atoms with Crippen LogP contribution in [0.25, 0.3) is 0 Å². The summed E-state index contributed by atoms with van der Waals surface area (Å²) in [6.45, 7) is 9.18. The Morgan fingerprint density at radius 3 is 1.78 bits per heavy atom. The molecular weight excluding hydrogens is 128 g/mol. The molecule has 0 saturated heterocycles. The Hall–Kier alpha value is -0.0831. The molecule has 1 nitrogen and oxygen atoms in total. The van der Waals surface area contributed by atoms with Crippen molar-refractivity contribution in [3.05, 3.63) is 12.7 Å². The van der Waals surface area contributed by atoms with Gasteiger partial charge in [-0.15, -0.1) is 6.58 Å². The third-order valence-electron chi connectivity index (χ3n) is 0.697. The van der Waals surface area contributed by atoms with Crippen LogP contribution in [0.5, 0.6) is 0 Å². The van der Waals surface area contributed by atoms with Gasteiger partial charge in [-0.3, -0.25) is 0 Å². The molecule has 0 aliphatic rings. The van der Waals surface area contributed by atoms with Gasteiger partial charge in [-0.05, 0) is 19.9 Å². The summed E-state index contributed by atoms with van der Waals surface area (Å²) in [5.41, 5.74) is 0. The smallest absolute Gasteiger partial charge is 0.0437 e. The summed E-state index contributed by atoms with van der Waals surface area (Å²) in [6, 6.07) is 1.22. The highest BCUT2D eigenvalue weighted by Gasteiger charge is 1.64. The standard InChI is InChI=1S/C4H10O.C3H8Si/c1-3-5-4-2;1-2-3-4/h3-4H2,1-2H3;2H,1,3H2,4H3. The van der Waals surface area contributed by atoms with Crippen LogP contribution in [-0.4, -0.2) is 23.5 Å². The maximum Gasteiger partial charge on any atom is 0.0437 e. The average Bonchev–Trinajstić information content (AvgIpc) is 1.91. The van der Waals surface area contributed by atoms with E-state index < -0.39 is 0 Å². The van der Waals surface area contributed by atoms with Crippen molar-refractivity contribution in [2.45, 2.75) is 19.9 Å². The predicted molar refractivity (Wildman–Crippen MR) is 47.1 cm³/mol. The van der Waals surface area contributed by atoms with Crippen molar-refractivity contribution in [1.29, 1.82) is 0 Å². The van der Waals surface area contributed by atoms with Crippen LogP contribution in [0.4, 0.5) is 0 Å². The molecule has 0 unspecified atom stereocenters. The normalized spacial score (nSPS) is 7.78. The van der Waals surface area contributed by atoms with Crippen molar-refractivity contribution in [2.24, 2.45) is 0 Å². The molecule has 9 heavy (non-hydrogen) atoms. The summed E-state index contributed by atoms with van der Waals surface area (Å²) in [7, 11) is 1.27. The minimum atomic E-state index is 0.844. The van der Waals surface area contributed by atoms with Crippen molar-refractivity contribution in [1.82, 2.24) is 0 Å². The van der Waals surface area contributed by atoms with Crippen LogP contribution < -0.4 is 0 Å². The molecule has 0 radical (unpaired) electrons. The molecule has 0 heterocycles. The van der Waals surface area contributed by atoms with Gasteiger partial charge in [0.2, 0.25) is 0 Å². The first-order chi connectivity index (χ1) is 4.33. The van der Waals surface area contributed by atoms with Gasteiger partial charge in [0.25, 0.3) is 0 Å². The average molecular weight is 146 g/mol. The van der Waals surface area contributed by atoms with Gasteiger partial charge in [0.05, 0.1) is 0 Å². The monoisotopic (exact) mass is 146 g/mol. The fourth-order valence-electron chi connectivity index (χ4n) is 0.204. The van der Waals surface area contributed by atoms with Gasteiger partial charge in [-0.2, -0.15) is 0 Å². The predicted octanol–water partition coefficient (Wildman–Crippen LogP) is 0.999. The van der Waals surface area contributed by atoms with E-state index in [9.17, 15) is 0 Å². The quantitative estimate of drug-likeness (QED) is 0.426. The molecule has 56 valence electrons. The number of hydrogen-bond donors (Lipinski definition) is 0. The SMILES string of the molecule is C=CC[SiH3].CCOCC. The zero-order chi connectivity index (χ0) is 7.54. The second-order valence-corrected chi connectivity index (χ2v) is 2.29. The van der Waals surface area contributed by atoms with Gasteiger partial charge >= 0.3 is 0 Å². The Balaban J connectivity index is 0. The molecule has 0 aromatic rings. The molecule has 0 aliphatic carbocycles. The Kier molecular flexibility index (Phi) is 20.3. The van der Waals surface area contributed by atoms with Gasteiger partial charge in [-0.25, -0.2) is 0 Å². The summed E-state index contributed by atoms with van der Waals surface area (Å²) in [5, 5.41) is 0. The molecule has 2 heteroatoms. The van der Waals surface area contributed by atoms with E-state index in [1.165, 1.54) is 16.3 Å². The van der Waals surface area contributed by atoms with E-state index >= 15 is 0 Å². The Morgan fingerprint density at radius 1 is 1.44 bits per heavy atom. The Bertz CT molecular complexity index is 44.2. The lowest BCUT2D eigenvalue weighted by atomic mass is 10.8. The van der Waals surface area contributed by atoms with Crippen molar-refractivity contribution in [3.63, 3.8) is 0 Å². The fraction of sp³-hybridized carbons (Fsp3) is 0.714. The van der Waals surface area contributed by atoms with Crippen LogP contribution in [0.3, 0.4) is 0 Å². The number of allylic oxidation sites excluding steroid dienone is 1. The summed E-state index contributed by atoms with van der Waals surface area (Å²) < 4.78 is 4.83. The molecule has 0 aliphatic heterocycles. The largest absolute Gasteiger partial charge is 0.382 e. The molecule has 0 N–H and O–H groups in total. The highest BCUT2D eigenvalue weighted by atomic mass is 28.1. The summed E-state index contributed by atoms with van der Waals surface area (Å²) >= 11 is 0. The van der Waals surface area contributed by atoms with E-state index in [0.717, 1.165) is 13.2 Å². The summed E-state index contributed by atoms with van der Waals surface area (Å²) in [6.07, 6.45) is 1.94. The molecule has 0 atom stereocenters. The van der Waals surface area contributed by atoms with Crippen molar-refractivity contribution in [2.75, 3.05) is 13.2 Å². The number of rotatable bonds is 3. The first-order valence-electron chi connectivity index (χ1n) is 3.52. The maximum atomic E-state index is 4.83. The van der Waals surface area contributed by atoms with Crippen molar-refractivity contribution in [3.8, 4) is 0 Å². The van der Waals surface area contributed by atoms with Gasteiger partial charge in [-0.1, -0.05) is 6.08 Å². The molecular formula is C7H18OSi. The maximum absolute atomic E-state index is 4.83. The van der Waals surface area contributed by atoms with Crippen LogP contribution in [0.2, 0.25) is 6.04 Å². The molecule has 0 aromatic carbocycles. The summed E-state index contributed by atoms with van der Waals surface area (Å²) in [5.74, 6) is 0. The van der Waals surface area contributed by atoms with Gasteiger partial charge in [0, 0.05) is 23.5 Å². The Labute approximate surface area is 61.5 Å². The minimum absolute atomic E-state index is 0.844. The third kappa shape index (κ3) is 32.6. The van der Waals surface area contributed by atoms with Crippen molar-refractivity contribution >= 4 is 10.2 Å². The first kappa shape index (κ1) is 11.7. The van der Waals surface area contributed by atoms with E-state index in [1.54, 1.807) is 0 Å². The van der Waals surface area contributed by atoms with E-state index in [-0.39, 0.29) is 0 Å². The summed E-state index contributed by atoms with van der Waals surface area (Å²) in [4.78, 5) is 0. The van der Waals surface area contributed by atoms with Crippen LogP contribution >= 0.6 is 0 Å². The number of ether oxygens (including phenoxy) is 1. The molecule has 0 spiro atoms. The minimum Gasteiger partial charge on any atom is -0.382 e. The zero-order valence-corrected chi connectivity index (χ0v) is 8.81. The Morgan fingerprint density at radius 2 is 1.78 bits per heavy atom. The molecule has 0 fully saturated rings. The van der Waals surface area contributed by atoms with E-state index in [1.807, 2.05) is 19.9 Å². The van der Waals surface area contributed by atoms with Gasteiger partial charge in [0.1, 0.15) is 0 Å². The second kappa shape index (κ2) is 15.7. The van der Waals surface area contributed by atoms with E-state index in [0.29, 0.717) is 0 Å². The molecule has 0 bridgehead atoms. The van der Waals surface area contributed by atoms with Crippen LogP contribution in [0.15, 0.2) is 12.7 Å². The lowest BCUT2D eigenvalue weighted by Crippen LogP contribution is -1.84.